The van der Waals surface area contributed by atoms with Gasteiger partial charge in [0.05, 0.1) is 5.69 Å². The van der Waals surface area contributed by atoms with Gasteiger partial charge in [-0.2, -0.15) is 0 Å². The normalized spacial score (nSPS) is 10.3. The van der Waals surface area contributed by atoms with Crippen LogP contribution >= 0.6 is 0 Å². The molecule has 2 aromatic rings. The molecule has 3 N–H and O–H groups in total. The molecular formula is C18H21N3O2. The first-order chi connectivity index (χ1) is 11.0. The van der Waals surface area contributed by atoms with Gasteiger partial charge in [0, 0.05) is 18.4 Å². The van der Waals surface area contributed by atoms with Crippen LogP contribution in [0.25, 0.3) is 0 Å². The molecule has 0 fully saturated rings. The van der Waals surface area contributed by atoms with E-state index in [1.54, 1.807) is 25.2 Å². The van der Waals surface area contributed by atoms with Crippen molar-refractivity contribution < 1.29 is 4.79 Å². The summed E-state index contributed by atoms with van der Waals surface area (Å²) in [5, 5.41) is 8.40. The van der Waals surface area contributed by atoms with Gasteiger partial charge in [0.2, 0.25) is 5.43 Å². The van der Waals surface area contributed by atoms with Gasteiger partial charge in [-0.3, -0.25) is 4.79 Å². The number of para-hydroxylation sites is 1. The molecule has 23 heavy (non-hydrogen) atoms. The zero-order valence-electron chi connectivity index (χ0n) is 13.5. The summed E-state index contributed by atoms with van der Waals surface area (Å²) in [4.78, 5) is 23.9. The highest BCUT2D eigenvalue weighted by Gasteiger charge is 2.09. The Kier molecular flexibility index (Phi) is 5.36. The van der Waals surface area contributed by atoms with Crippen LogP contribution in [0.4, 0.5) is 21.9 Å². The minimum absolute atomic E-state index is 0.133. The monoisotopic (exact) mass is 311 g/mol. The lowest BCUT2D eigenvalue weighted by Gasteiger charge is -2.14. The molecule has 0 unspecified atom stereocenters. The third-order valence-electron chi connectivity index (χ3n) is 3.47. The van der Waals surface area contributed by atoms with E-state index in [1.165, 1.54) is 6.07 Å². The largest absolute Gasteiger partial charge is 0.385 e. The molecule has 0 radical (unpaired) electrons. The summed E-state index contributed by atoms with van der Waals surface area (Å²) in [6.45, 7) is 4.15. The van der Waals surface area contributed by atoms with Crippen molar-refractivity contribution in [2.75, 3.05) is 23.0 Å². The number of amides is 2. The lowest BCUT2D eigenvalue weighted by Crippen LogP contribution is -2.20. The fourth-order valence-corrected chi connectivity index (χ4v) is 2.25. The smallest absolute Gasteiger partial charge is 0.323 e. The SMILES string of the molecule is CNc1ccc(NC(=O)Nc2ccccc2C(C)C)ccc1=O. The Morgan fingerprint density at radius 2 is 1.61 bits per heavy atom. The third-order valence-corrected chi connectivity index (χ3v) is 3.47. The highest BCUT2D eigenvalue weighted by Crippen LogP contribution is 2.23. The van der Waals surface area contributed by atoms with Gasteiger partial charge in [-0.05, 0) is 41.8 Å². The lowest BCUT2D eigenvalue weighted by molar-refractivity contribution is 0.262. The first-order valence-corrected chi connectivity index (χ1v) is 7.50. The van der Waals surface area contributed by atoms with Gasteiger partial charge in [-0.15, -0.1) is 0 Å². The van der Waals surface area contributed by atoms with E-state index in [0.29, 0.717) is 17.3 Å². The Hall–Kier alpha value is -2.82. The van der Waals surface area contributed by atoms with E-state index in [4.69, 9.17) is 0 Å². The molecule has 0 saturated carbocycles. The third kappa shape index (κ3) is 4.32. The topological polar surface area (TPSA) is 70.2 Å². The Bertz CT molecular complexity index is 757. The van der Waals surface area contributed by atoms with Gasteiger partial charge in [-0.1, -0.05) is 32.0 Å². The van der Waals surface area contributed by atoms with E-state index >= 15 is 0 Å². The van der Waals surface area contributed by atoms with Crippen LogP contribution in [0.1, 0.15) is 25.3 Å². The van der Waals surface area contributed by atoms with Crippen molar-refractivity contribution in [3.05, 3.63) is 64.3 Å². The van der Waals surface area contributed by atoms with E-state index in [2.05, 4.69) is 29.8 Å². The Morgan fingerprint density at radius 1 is 0.913 bits per heavy atom. The maximum atomic E-state index is 12.2. The van der Waals surface area contributed by atoms with Crippen LogP contribution in [0.2, 0.25) is 0 Å². The zero-order valence-corrected chi connectivity index (χ0v) is 13.5. The summed E-state index contributed by atoms with van der Waals surface area (Å²) in [5.41, 5.74) is 2.74. The van der Waals surface area contributed by atoms with Gasteiger partial charge in [0.25, 0.3) is 0 Å². The number of hydrogen-bond donors (Lipinski definition) is 3. The second-order valence-corrected chi connectivity index (χ2v) is 5.47. The van der Waals surface area contributed by atoms with Crippen molar-refractivity contribution in [3.8, 4) is 0 Å². The Morgan fingerprint density at radius 3 is 2.30 bits per heavy atom. The predicted octanol–water partition coefficient (Wildman–Crippen LogP) is 3.86. The molecule has 0 aliphatic carbocycles. The molecule has 2 aromatic carbocycles. The summed E-state index contributed by atoms with van der Waals surface area (Å²) >= 11 is 0. The van der Waals surface area contributed by atoms with Crippen LogP contribution < -0.4 is 21.4 Å². The maximum Gasteiger partial charge on any atom is 0.323 e. The van der Waals surface area contributed by atoms with Crippen molar-refractivity contribution in [2.24, 2.45) is 0 Å². The Labute approximate surface area is 135 Å². The number of rotatable bonds is 4. The Balaban J connectivity index is 2.15. The molecule has 0 saturated heterocycles. The number of nitrogens with one attached hydrogen (secondary N) is 3. The minimum atomic E-state index is -0.345. The van der Waals surface area contributed by atoms with Gasteiger partial charge in [0.15, 0.2) is 0 Å². The number of anilines is 3. The molecular weight excluding hydrogens is 290 g/mol. The summed E-state index contributed by atoms with van der Waals surface area (Å²) in [7, 11) is 1.68. The number of carbonyl (C=O) groups excluding carboxylic acids is 1. The maximum absolute atomic E-state index is 12.2. The van der Waals surface area contributed by atoms with E-state index in [1.807, 2.05) is 24.3 Å². The fraction of sp³-hybridized carbons (Fsp3) is 0.222. The highest BCUT2D eigenvalue weighted by molar-refractivity contribution is 6.00. The van der Waals surface area contributed by atoms with Crippen molar-refractivity contribution >= 4 is 23.1 Å². The van der Waals surface area contributed by atoms with Crippen molar-refractivity contribution in [1.82, 2.24) is 0 Å². The summed E-state index contributed by atoms with van der Waals surface area (Å²) in [6.07, 6.45) is 0. The molecule has 0 spiro atoms. The molecule has 120 valence electrons. The highest BCUT2D eigenvalue weighted by atomic mass is 16.2. The van der Waals surface area contributed by atoms with Gasteiger partial charge in [-0.25, -0.2) is 4.79 Å². The molecule has 2 rings (SSSR count). The number of urea groups is 1. The minimum Gasteiger partial charge on any atom is -0.385 e. The van der Waals surface area contributed by atoms with Crippen molar-refractivity contribution in [3.63, 3.8) is 0 Å². The number of benzene rings is 1. The van der Waals surface area contributed by atoms with Crippen LogP contribution in [0.3, 0.4) is 0 Å². The second kappa shape index (κ2) is 7.45. The predicted molar refractivity (Wildman–Crippen MR) is 95.4 cm³/mol. The molecule has 2 amide bonds. The van der Waals surface area contributed by atoms with Crippen LogP contribution in [-0.4, -0.2) is 13.1 Å². The molecule has 0 aromatic heterocycles. The van der Waals surface area contributed by atoms with E-state index < -0.39 is 0 Å². The van der Waals surface area contributed by atoms with Crippen LogP contribution in [-0.2, 0) is 0 Å². The lowest BCUT2D eigenvalue weighted by atomic mass is 10.0. The molecule has 0 aliphatic rings. The standard InChI is InChI=1S/C18H21N3O2/c1-12(2)14-6-4-5-7-15(14)21-18(23)20-13-8-10-16(19-3)17(22)11-9-13/h4-12H,1-3H3,(H,19,22)(H2,20,21,23). The molecule has 0 heterocycles. The van der Waals surface area contributed by atoms with E-state index in [9.17, 15) is 9.59 Å². The second-order valence-electron chi connectivity index (χ2n) is 5.47. The van der Waals surface area contributed by atoms with Crippen LogP contribution in [0, 0.1) is 0 Å². The average Bonchev–Trinajstić information content (AvgIpc) is 2.69. The van der Waals surface area contributed by atoms with E-state index in [0.717, 1.165) is 11.3 Å². The average molecular weight is 311 g/mol. The van der Waals surface area contributed by atoms with Gasteiger partial charge in [0.1, 0.15) is 0 Å². The fourth-order valence-electron chi connectivity index (χ4n) is 2.25. The molecule has 5 nitrogen and oxygen atoms in total. The zero-order chi connectivity index (χ0) is 16.8. The van der Waals surface area contributed by atoms with E-state index in [-0.39, 0.29) is 11.5 Å². The number of hydrogen-bond acceptors (Lipinski definition) is 3. The van der Waals surface area contributed by atoms with Crippen LogP contribution in [0.5, 0.6) is 0 Å². The van der Waals surface area contributed by atoms with Crippen molar-refractivity contribution in [2.45, 2.75) is 19.8 Å². The van der Waals surface area contributed by atoms with Crippen LogP contribution in [0.15, 0.2) is 53.3 Å². The molecule has 0 bridgehead atoms. The summed E-state index contributed by atoms with van der Waals surface area (Å²) in [6, 6.07) is 13.7. The molecule has 0 aliphatic heterocycles. The summed E-state index contributed by atoms with van der Waals surface area (Å²) in [5.74, 6) is 0.308. The quantitative estimate of drug-likeness (QED) is 0.803. The van der Waals surface area contributed by atoms with Gasteiger partial charge >= 0.3 is 6.03 Å². The first-order valence-electron chi connectivity index (χ1n) is 7.50. The molecule has 5 heteroatoms. The number of carbonyl (C=O) groups is 1. The summed E-state index contributed by atoms with van der Waals surface area (Å²) < 4.78 is 0. The molecule has 0 atom stereocenters. The first kappa shape index (κ1) is 16.5. The van der Waals surface area contributed by atoms with Crippen molar-refractivity contribution in [1.29, 1.82) is 0 Å². The van der Waals surface area contributed by atoms with Gasteiger partial charge < -0.3 is 16.0 Å².